The number of amides is 1. The summed E-state index contributed by atoms with van der Waals surface area (Å²) in [4.78, 5) is 14.1. The van der Waals surface area contributed by atoms with Crippen LogP contribution in [0.5, 0.6) is 0 Å². The van der Waals surface area contributed by atoms with E-state index in [2.05, 4.69) is 0 Å². The molecule has 92 valence electrons. The van der Waals surface area contributed by atoms with Gasteiger partial charge in [-0.15, -0.1) is 0 Å². The van der Waals surface area contributed by atoms with Crippen molar-refractivity contribution >= 4 is 11.6 Å². The Balaban J connectivity index is 2.21. The Kier molecular flexibility index (Phi) is 3.33. The quantitative estimate of drug-likeness (QED) is 0.788. The summed E-state index contributed by atoms with van der Waals surface area (Å²) in [5, 5.41) is 0. The monoisotopic (exact) mass is 234 g/mol. The van der Waals surface area contributed by atoms with E-state index in [4.69, 9.17) is 10.5 Å². The fourth-order valence-corrected chi connectivity index (χ4v) is 2.07. The van der Waals surface area contributed by atoms with Gasteiger partial charge in [0.25, 0.3) is 5.91 Å². The van der Waals surface area contributed by atoms with E-state index in [1.807, 2.05) is 32.2 Å². The van der Waals surface area contributed by atoms with Gasteiger partial charge < -0.3 is 15.4 Å². The lowest BCUT2D eigenvalue weighted by Crippen LogP contribution is -2.37. The third kappa shape index (κ3) is 2.26. The van der Waals surface area contributed by atoms with Gasteiger partial charge in [0.1, 0.15) is 0 Å². The van der Waals surface area contributed by atoms with Crippen LogP contribution in [0, 0.1) is 6.92 Å². The number of carbonyl (C=O) groups is 1. The standard InChI is InChI=1S/C13H18N2O2/c1-9-11(4-3-5-12(9)14)13(16)15(2)10-6-7-17-8-10/h3-5,10H,6-8,14H2,1-2H3. The van der Waals surface area contributed by atoms with Gasteiger partial charge in [0.15, 0.2) is 0 Å². The number of rotatable bonds is 2. The Bertz CT molecular complexity index is 425. The number of nitrogens with zero attached hydrogens (tertiary/aromatic N) is 1. The fourth-order valence-electron chi connectivity index (χ4n) is 2.07. The Morgan fingerprint density at radius 2 is 2.29 bits per heavy atom. The van der Waals surface area contributed by atoms with E-state index in [1.165, 1.54) is 0 Å². The highest BCUT2D eigenvalue weighted by atomic mass is 16.5. The van der Waals surface area contributed by atoms with Gasteiger partial charge >= 0.3 is 0 Å². The maximum absolute atomic E-state index is 12.3. The Hall–Kier alpha value is -1.55. The highest BCUT2D eigenvalue weighted by Gasteiger charge is 2.25. The van der Waals surface area contributed by atoms with Gasteiger partial charge in [-0.1, -0.05) is 6.07 Å². The average Bonchev–Trinajstić information content (AvgIpc) is 2.84. The second kappa shape index (κ2) is 4.75. The summed E-state index contributed by atoms with van der Waals surface area (Å²) in [6, 6.07) is 5.63. The van der Waals surface area contributed by atoms with Gasteiger partial charge in [-0.25, -0.2) is 0 Å². The average molecular weight is 234 g/mol. The molecule has 2 N–H and O–H groups in total. The van der Waals surface area contributed by atoms with Crippen molar-refractivity contribution in [2.75, 3.05) is 26.0 Å². The van der Waals surface area contributed by atoms with Crippen LogP contribution in [0.2, 0.25) is 0 Å². The van der Waals surface area contributed by atoms with Gasteiger partial charge in [-0.05, 0) is 31.0 Å². The third-order valence-electron chi connectivity index (χ3n) is 3.38. The first-order chi connectivity index (χ1) is 8.11. The summed E-state index contributed by atoms with van der Waals surface area (Å²) in [6.45, 7) is 3.24. The normalized spacial score (nSPS) is 19.3. The van der Waals surface area contributed by atoms with Crippen molar-refractivity contribution in [3.05, 3.63) is 29.3 Å². The van der Waals surface area contributed by atoms with Crippen LogP contribution in [0.25, 0.3) is 0 Å². The van der Waals surface area contributed by atoms with Gasteiger partial charge in [-0.3, -0.25) is 4.79 Å². The fraction of sp³-hybridized carbons (Fsp3) is 0.462. The topological polar surface area (TPSA) is 55.6 Å². The van der Waals surface area contributed by atoms with E-state index in [9.17, 15) is 4.79 Å². The predicted octanol–water partition coefficient (Wildman–Crippen LogP) is 1.44. The molecule has 0 radical (unpaired) electrons. The molecule has 0 aromatic heterocycles. The lowest BCUT2D eigenvalue weighted by molar-refractivity contribution is 0.0710. The lowest BCUT2D eigenvalue weighted by Gasteiger charge is -2.24. The van der Waals surface area contributed by atoms with Gasteiger partial charge in [0.05, 0.1) is 12.6 Å². The molecule has 0 bridgehead atoms. The summed E-state index contributed by atoms with van der Waals surface area (Å²) in [7, 11) is 1.82. The zero-order valence-corrected chi connectivity index (χ0v) is 10.3. The molecule has 1 saturated heterocycles. The van der Waals surface area contributed by atoms with Crippen LogP contribution in [0.4, 0.5) is 5.69 Å². The first kappa shape index (κ1) is 11.9. The number of likely N-dealkylation sites (N-methyl/N-ethyl adjacent to an activating group) is 1. The number of hydrogen-bond donors (Lipinski definition) is 1. The summed E-state index contributed by atoms with van der Waals surface area (Å²) in [6.07, 6.45) is 0.906. The van der Waals surface area contributed by atoms with Crippen molar-refractivity contribution in [1.29, 1.82) is 0 Å². The van der Waals surface area contributed by atoms with Crippen LogP contribution < -0.4 is 5.73 Å². The maximum atomic E-state index is 12.3. The zero-order valence-electron chi connectivity index (χ0n) is 10.3. The molecule has 1 atom stereocenters. The molecule has 1 unspecified atom stereocenters. The minimum absolute atomic E-state index is 0.0188. The Morgan fingerprint density at radius 1 is 1.53 bits per heavy atom. The molecule has 0 spiro atoms. The second-order valence-electron chi connectivity index (χ2n) is 4.45. The molecule has 1 heterocycles. The van der Waals surface area contributed by atoms with Crippen LogP contribution in [0.15, 0.2) is 18.2 Å². The molecular formula is C13H18N2O2. The molecule has 4 nitrogen and oxygen atoms in total. The number of hydrogen-bond acceptors (Lipinski definition) is 3. The summed E-state index contributed by atoms with van der Waals surface area (Å²) in [5.74, 6) is 0.0188. The SMILES string of the molecule is Cc1c(N)cccc1C(=O)N(C)C1CCOC1. The largest absolute Gasteiger partial charge is 0.398 e. The molecule has 1 aliphatic rings. The molecule has 1 aliphatic heterocycles. The molecule has 1 amide bonds. The molecule has 1 aromatic carbocycles. The van der Waals surface area contributed by atoms with Crippen LogP contribution >= 0.6 is 0 Å². The highest BCUT2D eigenvalue weighted by molar-refractivity contribution is 5.96. The van der Waals surface area contributed by atoms with Crippen LogP contribution in [0.3, 0.4) is 0 Å². The molecule has 4 heteroatoms. The van der Waals surface area contributed by atoms with E-state index in [1.54, 1.807) is 4.90 Å². The van der Waals surface area contributed by atoms with Crippen molar-refractivity contribution in [2.24, 2.45) is 0 Å². The van der Waals surface area contributed by atoms with E-state index in [-0.39, 0.29) is 11.9 Å². The lowest BCUT2D eigenvalue weighted by atomic mass is 10.0. The first-order valence-corrected chi connectivity index (χ1v) is 5.81. The predicted molar refractivity (Wildman–Crippen MR) is 66.9 cm³/mol. The molecule has 0 aliphatic carbocycles. The van der Waals surface area contributed by atoms with Gasteiger partial charge in [0.2, 0.25) is 0 Å². The number of carbonyl (C=O) groups excluding carboxylic acids is 1. The van der Waals surface area contributed by atoms with E-state index in [0.29, 0.717) is 17.9 Å². The van der Waals surface area contributed by atoms with Crippen molar-refractivity contribution in [3.63, 3.8) is 0 Å². The number of anilines is 1. The summed E-state index contributed by atoms with van der Waals surface area (Å²) in [5.41, 5.74) is 8.01. The van der Waals surface area contributed by atoms with Gasteiger partial charge in [0, 0.05) is 24.9 Å². The van der Waals surface area contributed by atoms with Gasteiger partial charge in [-0.2, -0.15) is 0 Å². The molecule has 1 fully saturated rings. The summed E-state index contributed by atoms with van der Waals surface area (Å²) >= 11 is 0. The number of nitrogen functional groups attached to an aromatic ring is 1. The zero-order chi connectivity index (χ0) is 12.4. The van der Waals surface area contributed by atoms with Crippen LogP contribution in [-0.2, 0) is 4.74 Å². The molecule has 1 aromatic rings. The van der Waals surface area contributed by atoms with Crippen molar-refractivity contribution in [3.8, 4) is 0 Å². The Labute approximate surface area is 101 Å². The van der Waals surface area contributed by atoms with Crippen LogP contribution in [0.1, 0.15) is 22.3 Å². The van der Waals surface area contributed by atoms with E-state index < -0.39 is 0 Å². The molecule has 2 rings (SSSR count). The van der Waals surface area contributed by atoms with Crippen molar-refractivity contribution in [2.45, 2.75) is 19.4 Å². The minimum Gasteiger partial charge on any atom is -0.398 e. The Morgan fingerprint density at radius 3 is 2.94 bits per heavy atom. The molecule has 17 heavy (non-hydrogen) atoms. The second-order valence-corrected chi connectivity index (χ2v) is 4.45. The third-order valence-corrected chi connectivity index (χ3v) is 3.38. The maximum Gasteiger partial charge on any atom is 0.254 e. The van der Waals surface area contributed by atoms with E-state index >= 15 is 0 Å². The van der Waals surface area contributed by atoms with Crippen molar-refractivity contribution in [1.82, 2.24) is 4.90 Å². The number of benzene rings is 1. The van der Waals surface area contributed by atoms with Crippen molar-refractivity contribution < 1.29 is 9.53 Å². The molecule has 0 saturated carbocycles. The van der Waals surface area contributed by atoms with Crippen LogP contribution in [-0.4, -0.2) is 37.1 Å². The van der Waals surface area contributed by atoms with E-state index in [0.717, 1.165) is 18.6 Å². The smallest absolute Gasteiger partial charge is 0.254 e. The summed E-state index contributed by atoms with van der Waals surface area (Å²) < 4.78 is 5.30. The number of nitrogens with two attached hydrogens (primary N) is 1. The highest BCUT2D eigenvalue weighted by Crippen LogP contribution is 2.19. The minimum atomic E-state index is 0.0188. The number of ether oxygens (including phenoxy) is 1. The first-order valence-electron chi connectivity index (χ1n) is 5.81. The molecular weight excluding hydrogens is 216 g/mol.